The maximum atomic E-state index is 14.8. The molecular weight excluding hydrogens is 462 g/mol. The first-order chi connectivity index (χ1) is 16.7. The van der Waals surface area contributed by atoms with Crippen molar-refractivity contribution in [2.45, 2.75) is 32.1 Å². The third-order valence-electron chi connectivity index (χ3n) is 6.10. The molecule has 2 aromatic carbocycles. The van der Waals surface area contributed by atoms with E-state index < -0.39 is 35.4 Å². The molecule has 5 nitrogen and oxygen atoms in total. The average Bonchev–Trinajstić information content (AvgIpc) is 3.32. The number of alkyl halides is 3. The summed E-state index contributed by atoms with van der Waals surface area (Å²) in [5.41, 5.74) is 0.0227. The molecular formula is C26H25F4N3O2. The minimum absolute atomic E-state index is 0.140. The molecule has 1 aliphatic heterocycles. The Morgan fingerprint density at radius 1 is 1.03 bits per heavy atom. The number of benzene rings is 2. The van der Waals surface area contributed by atoms with Crippen LogP contribution in [0.15, 0.2) is 66.9 Å². The van der Waals surface area contributed by atoms with Crippen LogP contribution in [0.1, 0.15) is 46.6 Å². The number of carbonyl (C=O) groups excluding carboxylic acids is 2. The van der Waals surface area contributed by atoms with Crippen molar-refractivity contribution in [1.82, 2.24) is 14.4 Å². The van der Waals surface area contributed by atoms with Crippen molar-refractivity contribution in [1.29, 1.82) is 0 Å². The van der Waals surface area contributed by atoms with Gasteiger partial charge in [0.2, 0.25) is 5.91 Å². The molecule has 184 valence electrons. The summed E-state index contributed by atoms with van der Waals surface area (Å²) >= 11 is 0. The van der Waals surface area contributed by atoms with E-state index in [9.17, 15) is 27.2 Å². The fourth-order valence-electron chi connectivity index (χ4n) is 4.46. The maximum Gasteiger partial charge on any atom is 0.416 e. The average molecular weight is 487 g/mol. The number of halogens is 4. The zero-order chi connectivity index (χ0) is 25.2. The lowest BCUT2D eigenvalue weighted by atomic mass is 9.99. The third kappa shape index (κ3) is 5.08. The maximum absolute atomic E-state index is 14.8. The quantitative estimate of drug-likeness (QED) is 0.453. The predicted octanol–water partition coefficient (Wildman–Crippen LogP) is 5.13. The molecule has 0 aliphatic carbocycles. The van der Waals surface area contributed by atoms with Gasteiger partial charge in [-0.2, -0.15) is 13.2 Å². The fraction of sp³-hybridized carbons (Fsp3) is 0.308. The van der Waals surface area contributed by atoms with E-state index in [1.807, 2.05) is 29.8 Å². The largest absolute Gasteiger partial charge is 0.416 e. The number of carbonyl (C=O) groups is 2. The van der Waals surface area contributed by atoms with Gasteiger partial charge in [-0.05, 0) is 42.8 Å². The number of nitrogens with zero attached hydrogens (tertiary/aromatic N) is 3. The number of rotatable bonds is 6. The molecule has 1 aromatic heterocycles. The van der Waals surface area contributed by atoms with Gasteiger partial charge in [0.15, 0.2) is 0 Å². The summed E-state index contributed by atoms with van der Waals surface area (Å²) in [6.45, 7) is 2.49. The van der Waals surface area contributed by atoms with Gasteiger partial charge in [0.25, 0.3) is 5.91 Å². The van der Waals surface area contributed by atoms with Crippen LogP contribution in [-0.4, -0.2) is 45.8 Å². The lowest BCUT2D eigenvalue weighted by Crippen LogP contribution is -2.48. The molecule has 0 spiro atoms. The zero-order valence-corrected chi connectivity index (χ0v) is 19.1. The molecule has 0 bridgehead atoms. The highest BCUT2D eigenvalue weighted by Gasteiger charge is 2.35. The van der Waals surface area contributed by atoms with Crippen LogP contribution < -0.4 is 0 Å². The molecule has 0 saturated carbocycles. The third-order valence-corrected chi connectivity index (χ3v) is 6.10. The van der Waals surface area contributed by atoms with Crippen LogP contribution in [0.3, 0.4) is 0 Å². The summed E-state index contributed by atoms with van der Waals surface area (Å²) < 4.78 is 56.2. The fourth-order valence-corrected chi connectivity index (χ4v) is 4.46. The highest BCUT2D eigenvalue weighted by Crippen LogP contribution is 2.34. The molecule has 35 heavy (non-hydrogen) atoms. The van der Waals surface area contributed by atoms with Crippen LogP contribution >= 0.6 is 0 Å². The lowest BCUT2D eigenvalue weighted by Gasteiger charge is -2.38. The van der Waals surface area contributed by atoms with E-state index in [2.05, 4.69) is 0 Å². The first-order valence-electron chi connectivity index (χ1n) is 11.4. The Hall–Kier alpha value is -3.62. The molecule has 2 amide bonds. The van der Waals surface area contributed by atoms with E-state index in [1.54, 1.807) is 18.2 Å². The van der Waals surface area contributed by atoms with Crippen LogP contribution in [0.5, 0.6) is 0 Å². The summed E-state index contributed by atoms with van der Waals surface area (Å²) in [6.07, 6.45) is -2.21. The van der Waals surface area contributed by atoms with Crippen molar-refractivity contribution < 1.29 is 27.2 Å². The molecule has 2 heterocycles. The Bertz CT molecular complexity index is 1220. The summed E-state index contributed by atoms with van der Waals surface area (Å²) in [5.74, 6) is -1.51. The van der Waals surface area contributed by atoms with Gasteiger partial charge in [-0.25, -0.2) is 4.39 Å². The van der Waals surface area contributed by atoms with Crippen molar-refractivity contribution in [2.75, 3.05) is 19.6 Å². The van der Waals surface area contributed by atoms with E-state index in [0.717, 1.165) is 17.8 Å². The molecule has 1 atom stereocenters. The summed E-state index contributed by atoms with van der Waals surface area (Å²) in [6, 6.07) is 13.4. The van der Waals surface area contributed by atoms with E-state index in [-0.39, 0.29) is 18.7 Å². The lowest BCUT2D eigenvalue weighted by molar-refractivity contribution is -0.137. The highest BCUT2D eigenvalue weighted by molar-refractivity contribution is 5.96. The van der Waals surface area contributed by atoms with E-state index in [0.29, 0.717) is 25.1 Å². The monoisotopic (exact) mass is 487 g/mol. The second-order valence-corrected chi connectivity index (χ2v) is 8.44. The van der Waals surface area contributed by atoms with E-state index >= 15 is 0 Å². The van der Waals surface area contributed by atoms with Crippen molar-refractivity contribution in [3.63, 3.8) is 0 Å². The molecule has 0 saturated heterocycles. The minimum Gasteiger partial charge on any atom is -0.348 e. The van der Waals surface area contributed by atoms with Gasteiger partial charge in [0.1, 0.15) is 18.4 Å². The minimum atomic E-state index is -4.59. The Morgan fingerprint density at radius 3 is 2.51 bits per heavy atom. The number of hydrogen-bond donors (Lipinski definition) is 0. The Labute approximate surface area is 200 Å². The molecule has 0 N–H and O–H groups in total. The number of aromatic nitrogens is 1. The van der Waals surface area contributed by atoms with E-state index in [4.69, 9.17) is 0 Å². The van der Waals surface area contributed by atoms with Gasteiger partial charge in [-0.15, -0.1) is 0 Å². The molecule has 0 unspecified atom stereocenters. The summed E-state index contributed by atoms with van der Waals surface area (Å²) in [7, 11) is 0. The Kier molecular flexibility index (Phi) is 6.95. The Balaban J connectivity index is 1.62. The molecule has 3 aromatic rings. The van der Waals surface area contributed by atoms with Crippen molar-refractivity contribution >= 4 is 11.8 Å². The van der Waals surface area contributed by atoms with Crippen molar-refractivity contribution in [3.8, 4) is 0 Å². The zero-order valence-electron chi connectivity index (χ0n) is 19.1. The standard InChI is InChI=1S/C26H25F4N3O2/c1-2-12-32(25(35)18-7-5-8-19(16-18)26(28,29)30)17-23(34)33-15-14-31-13-6-11-22(31)24(33)20-9-3-4-10-21(20)27/h3-11,13,16,24H,2,12,14-15,17H2,1H3/t24-/m1/s1. The van der Waals surface area contributed by atoms with Gasteiger partial charge in [-0.1, -0.05) is 31.2 Å². The Morgan fingerprint density at radius 2 is 1.80 bits per heavy atom. The molecule has 1 aliphatic rings. The SMILES string of the molecule is CCCN(CC(=O)N1CCn2cccc2[C@H]1c1ccccc1F)C(=O)c1cccc(C(F)(F)F)c1. The van der Waals surface area contributed by atoms with Crippen LogP contribution in [0.2, 0.25) is 0 Å². The molecule has 4 rings (SSSR count). The van der Waals surface area contributed by atoms with Crippen molar-refractivity contribution in [2.24, 2.45) is 0 Å². The van der Waals surface area contributed by atoms with Crippen LogP contribution in [0.25, 0.3) is 0 Å². The van der Waals surface area contributed by atoms with Gasteiger partial charge < -0.3 is 14.4 Å². The first-order valence-corrected chi connectivity index (χ1v) is 11.4. The molecule has 0 fully saturated rings. The van der Waals surface area contributed by atoms with Crippen LogP contribution in [0, 0.1) is 5.82 Å². The van der Waals surface area contributed by atoms with Crippen LogP contribution in [0.4, 0.5) is 17.6 Å². The van der Waals surface area contributed by atoms with Gasteiger partial charge >= 0.3 is 6.18 Å². The van der Waals surface area contributed by atoms with Gasteiger partial charge in [-0.3, -0.25) is 9.59 Å². The van der Waals surface area contributed by atoms with E-state index in [1.165, 1.54) is 28.0 Å². The normalized spacial score (nSPS) is 15.6. The predicted molar refractivity (Wildman–Crippen MR) is 122 cm³/mol. The van der Waals surface area contributed by atoms with Crippen LogP contribution in [-0.2, 0) is 17.5 Å². The number of hydrogen-bond acceptors (Lipinski definition) is 2. The summed E-state index contributed by atoms with van der Waals surface area (Å²) in [4.78, 5) is 29.4. The number of fused-ring (bicyclic) bond motifs is 1. The highest BCUT2D eigenvalue weighted by atomic mass is 19.4. The van der Waals surface area contributed by atoms with Crippen molar-refractivity contribution in [3.05, 3.63) is 95.1 Å². The topological polar surface area (TPSA) is 45.6 Å². The second-order valence-electron chi connectivity index (χ2n) is 8.44. The van der Waals surface area contributed by atoms with Gasteiger partial charge in [0.05, 0.1) is 5.56 Å². The summed E-state index contributed by atoms with van der Waals surface area (Å²) in [5, 5.41) is 0. The van der Waals surface area contributed by atoms with Gasteiger partial charge in [0, 0.05) is 42.7 Å². The number of amides is 2. The molecule has 0 radical (unpaired) electrons. The first kappa shape index (κ1) is 24.5. The second kappa shape index (κ2) is 9.93. The molecule has 9 heteroatoms. The smallest absolute Gasteiger partial charge is 0.348 e.